The maximum Gasteiger partial charge on any atom is 0.334 e. The first kappa shape index (κ1) is 23.7. The summed E-state index contributed by atoms with van der Waals surface area (Å²) >= 11 is 0. The molecule has 0 amide bonds. The standard InChI is InChI=1S/C26H29N7O3/c1-16-5-4-6-18(15-34)22(16)33-24(35)20-14-27-25(29-23(20)30-26(33)36)28-19-7-8-21(17(2)13-19)32-11-9-31(3)10-12-32/h4-8,13-14,34H,9-12,15H2,1-3H3,(H2,27,28,29,30,36). The van der Waals surface area contributed by atoms with Gasteiger partial charge in [0, 0.05) is 49.3 Å². The van der Waals surface area contributed by atoms with E-state index in [1.54, 1.807) is 25.1 Å². The molecule has 3 N–H and O–H groups in total. The van der Waals surface area contributed by atoms with E-state index in [9.17, 15) is 14.7 Å². The number of para-hydroxylation sites is 1. The number of aryl methyl sites for hydroxylation is 2. The lowest BCUT2D eigenvalue weighted by atomic mass is 10.1. The first-order chi connectivity index (χ1) is 17.4. The quantitative estimate of drug-likeness (QED) is 0.392. The number of aliphatic hydroxyl groups is 1. The number of piperazine rings is 1. The molecule has 0 atom stereocenters. The Bertz CT molecular complexity index is 1550. The minimum Gasteiger partial charge on any atom is -0.392 e. The molecular formula is C26H29N7O3. The fourth-order valence-corrected chi connectivity index (χ4v) is 4.70. The van der Waals surface area contributed by atoms with Gasteiger partial charge in [0.2, 0.25) is 5.95 Å². The van der Waals surface area contributed by atoms with Gasteiger partial charge in [0.15, 0.2) is 5.65 Å². The Hall–Kier alpha value is -4.02. The Labute approximate surface area is 207 Å². The third kappa shape index (κ3) is 4.36. The van der Waals surface area contributed by atoms with Gasteiger partial charge in [-0.3, -0.25) is 9.78 Å². The van der Waals surface area contributed by atoms with Crippen molar-refractivity contribution < 1.29 is 5.11 Å². The lowest BCUT2D eigenvalue weighted by Gasteiger charge is -2.35. The smallest absolute Gasteiger partial charge is 0.334 e. The number of nitrogens with one attached hydrogen (secondary N) is 2. The first-order valence-corrected chi connectivity index (χ1v) is 11.9. The summed E-state index contributed by atoms with van der Waals surface area (Å²) in [4.78, 5) is 42.3. The predicted octanol–water partition coefficient (Wildman–Crippen LogP) is 2.07. The predicted molar refractivity (Wildman–Crippen MR) is 141 cm³/mol. The van der Waals surface area contributed by atoms with Crippen LogP contribution in [-0.4, -0.2) is 62.8 Å². The average Bonchev–Trinajstić information content (AvgIpc) is 2.85. The Balaban J connectivity index is 1.46. The summed E-state index contributed by atoms with van der Waals surface area (Å²) in [5.41, 5.74) is 3.67. The van der Waals surface area contributed by atoms with Crippen molar-refractivity contribution in [2.24, 2.45) is 0 Å². The lowest BCUT2D eigenvalue weighted by molar-refractivity contribution is 0.281. The Morgan fingerprint density at radius 1 is 1.06 bits per heavy atom. The van der Waals surface area contributed by atoms with Gasteiger partial charge in [-0.25, -0.2) is 14.3 Å². The van der Waals surface area contributed by atoms with Gasteiger partial charge in [-0.15, -0.1) is 0 Å². The van der Waals surface area contributed by atoms with Crippen molar-refractivity contribution in [3.8, 4) is 5.69 Å². The number of aliphatic hydroxyl groups excluding tert-OH is 1. The second-order valence-corrected chi connectivity index (χ2v) is 9.18. The van der Waals surface area contributed by atoms with Crippen LogP contribution >= 0.6 is 0 Å². The van der Waals surface area contributed by atoms with Crippen LogP contribution in [0.3, 0.4) is 0 Å². The number of hydrogen-bond acceptors (Lipinski definition) is 8. The number of fused-ring (bicyclic) bond motifs is 1. The van der Waals surface area contributed by atoms with E-state index in [-0.39, 0.29) is 23.6 Å². The van der Waals surface area contributed by atoms with Crippen LogP contribution in [0.2, 0.25) is 0 Å². The molecule has 1 saturated heterocycles. The maximum absolute atomic E-state index is 13.2. The van der Waals surface area contributed by atoms with E-state index in [2.05, 4.69) is 50.1 Å². The average molecular weight is 488 g/mol. The number of nitrogens with zero attached hydrogens (tertiary/aromatic N) is 5. The van der Waals surface area contributed by atoms with Crippen LogP contribution in [0.1, 0.15) is 16.7 Å². The summed E-state index contributed by atoms with van der Waals surface area (Å²) in [6.07, 6.45) is 1.40. The van der Waals surface area contributed by atoms with E-state index in [1.807, 2.05) is 12.1 Å². The van der Waals surface area contributed by atoms with E-state index >= 15 is 0 Å². The number of aromatic amines is 1. The largest absolute Gasteiger partial charge is 0.392 e. The van der Waals surface area contributed by atoms with E-state index in [4.69, 9.17) is 0 Å². The normalized spacial score (nSPS) is 14.4. The Morgan fingerprint density at radius 3 is 2.56 bits per heavy atom. The molecule has 0 spiro atoms. The van der Waals surface area contributed by atoms with Crippen LogP contribution in [0.15, 0.2) is 52.2 Å². The number of H-pyrrole nitrogens is 1. The molecule has 1 aliphatic rings. The summed E-state index contributed by atoms with van der Waals surface area (Å²) in [5.74, 6) is 0.272. The molecule has 2 aromatic heterocycles. The van der Waals surface area contributed by atoms with Crippen LogP contribution < -0.4 is 21.5 Å². The molecule has 3 heterocycles. The molecule has 5 rings (SSSR count). The molecule has 1 fully saturated rings. The summed E-state index contributed by atoms with van der Waals surface area (Å²) < 4.78 is 1.03. The molecule has 0 aliphatic carbocycles. The third-order valence-electron chi connectivity index (χ3n) is 6.66. The van der Waals surface area contributed by atoms with Gasteiger partial charge in [-0.05, 0) is 50.2 Å². The van der Waals surface area contributed by atoms with E-state index in [0.29, 0.717) is 16.8 Å². The summed E-state index contributed by atoms with van der Waals surface area (Å²) in [7, 11) is 2.14. The SMILES string of the molecule is Cc1cc(Nc2ncc3c(=O)n(-c4c(C)cccc4CO)c(=O)[nH]c3n2)ccc1N1CCN(C)CC1. The fraction of sp³-hybridized carbons (Fsp3) is 0.308. The highest BCUT2D eigenvalue weighted by Crippen LogP contribution is 2.26. The highest BCUT2D eigenvalue weighted by atomic mass is 16.3. The van der Waals surface area contributed by atoms with Crippen molar-refractivity contribution in [1.29, 1.82) is 0 Å². The van der Waals surface area contributed by atoms with Crippen molar-refractivity contribution in [3.05, 3.63) is 80.1 Å². The zero-order valence-corrected chi connectivity index (χ0v) is 20.6. The third-order valence-corrected chi connectivity index (χ3v) is 6.66. The Kier molecular flexibility index (Phi) is 6.29. The van der Waals surface area contributed by atoms with Crippen LogP contribution in [0.5, 0.6) is 0 Å². The second-order valence-electron chi connectivity index (χ2n) is 9.18. The zero-order chi connectivity index (χ0) is 25.4. The van der Waals surface area contributed by atoms with Crippen molar-refractivity contribution >= 4 is 28.4 Å². The van der Waals surface area contributed by atoms with Crippen molar-refractivity contribution in [2.75, 3.05) is 43.4 Å². The molecule has 0 radical (unpaired) electrons. The molecule has 2 aromatic carbocycles. The van der Waals surface area contributed by atoms with Crippen LogP contribution in [0.4, 0.5) is 17.3 Å². The topological polar surface area (TPSA) is 119 Å². The molecule has 186 valence electrons. The highest BCUT2D eigenvalue weighted by Gasteiger charge is 2.18. The van der Waals surface area contributed by atoms with Gasteiger partial charge >= 0.3 is 5.69 Å². The maximum atomic E-state index is 13.2. The van der Waals surface area contributed by atoms with E-state index < -0.39 is 11.2 Å². The molecule has 1 aliphatic heterocycles. The van der Waals surface area contributed by atoms with Crippen molar-refractivity contribution in [2.45, 2.75) is 20.5 Å². The number of anilines is 3. The van der Waals surface area contributed by atoms with Gasteiger partial charge in [0.1, 0.15) is 5.39 Å². The highest BCUT2D eigenvalue weighted by molar-refractivity contribution is 5.75. The molecule has 0 bridgehead atoms. The van der Waals surface area contributed by atoms with Gasteiger partial charge in [-0.2, -0.15) is 4.98 Å². The number of aromatic nitrogens is 4. The molecule has 0 saturated carbocycles. The summed E-state index contributed by atoms with van der Waals surface area (Å²) in [6.45, 7) is 7.62. The van der Waals surface area contributed by atoms with Crippen LogP contribution in [0, 0.1) is 13.8 Å². The number of hydrogen-bond donors (Lipinski definition) is 3. The van der Waals surface area contributed by atoms with Crippen molar-refractivity contribution in [1.82, 2.24) is 24.4 Å². The lowest BCUT2D eigenvalue weighted by Crippen LogP contribution is -2.44. The Morgan fingerprint density at radius 2 is 1.83 bits per heavy atom. The molecular weight excluding hydrogens is 458 g/mol. The molecule has 10 heteroatoms. The van der Waals surface area contributed by atoms with E-state index in [0.717, 1.165) is 42.0 Å². The number of benzene rings is 2. The second kappa shape index (κ2) is 9.56. The summed E-state index contributed by atoms with van der Waals surface area (Å²) in [5, 5.41) is 13.1. The summed E-state index contributed by atoms with van der Waals surface area (Å²) in [6, 6.07) is 11.3. The van der Waals surface area contributed by atoms with Crippen LogP contribution in [0.25, 0.3) is 16.7 Å². The van der Waals surface area contributed by atoms with Crippen molar-refractivity contribution in [3.63, 3.8) is 0 Å². The molecule has 10 nitrogen and oxygen atoms in total. The minimum absolute atomic E-state index is 0.142. The number of likely N-dealkylation sites (N-methyl/N-ethyl adjacent to an activating group) is 1. The molecule has 36 heavy (non-hydrogen) atoms. The van der Waals surface area contributed by atoms with Crippen LogP contribution in [-0.2, 0) is 6.61 Å². The monoisotopic (exact) mass is 487 g/mol. The number of rotatable bonds is 5. The fourth-order valence-electron chi connectivity index (χ4n) is 4.70. The van der Waals surface area contributed by atoms with E-state index in [1.165, 1.54) is 11.9 Å². The van der Waals surface area contributed by atoms with Gasteiger partial charge in [0.05, 0.1) is 12.3 Å². The van der Waals surface area contributed by atoms with Gasteiger partial charge < -0.3 is 20.2 Å². The van der Waals surface area contributed by atoms with Gasteiger partial charge in [-0.1, -0.05) is 18.2 Å². The molecule has 0 unspecified atom stereocenters. The first-order valence-electron chi connectivity index (χ1n) is 11.9. The molecule has 4 aromatic rings. The van der Waals surface area contributed by atoms with Gasteiger partial charge in [0.25, 0.3) is 5.56 Å². The zero-order valence-electron chi connectivity index (χ0n) is 20.6. The minimum atomic E-state index is -0.631.